The van der Waals surface area contributed by atoms with Crippen molar-refractivity contribution in [2.75, 3.05) is 0 Å². The van der Waals surface area contributed by atoms with Crippen molar-refractivity contribution < 1.29 is 19.9 Å². The van der Waals surface area contributed by atoms with Crippen LogP contribution in [0.4, 0.5) is 0 Å². The van der Waals surface area contributed by atoms with Gasteiger partial charge in [-0.2, -0.15) is 0 Å². The molecule has 0 heterocycles. The molecule has 0 unspecified atom stereocenters. The summed E-state index contributed by atoms with van der Waals surface area (Å²) in [5.41, 5.74) is 1.18. The number of carbonyl (C=O) groups is 2. The Morgan fingerprint density at radius 1 is 1.50 bits per heavy atom. The number of carbonyl (C=O) groups excluding carboxylic acids is 1. The summed E-state index contributed by atoms with van der Waals surface area (Å²) in [4.78, 5) is 19.5. The van der Waals surface area contributed by atoms with Gasteiger partial charge in [-0.05, 0) is 0 Å². The molecule has 5 heteroatoms. The summed E-state index contributed by atoms with van der Waals surface area (Å²) in [5.74, 6) is -2.19. The zero-order valence-electron chi connectivity index (χ0n) is 3.92. The molecule has 0 atom stereocenters. The van der Waals surface area contributed by atoms with Gasteiger partial charge in [0.1, 0.15) is 6.42 Å². The largest absolute Gasteiger partial charge is 0.481 e. The van der Waals surface area contributed by atoms with Crippen LogP contribution in [0.2, 0.25) is 0 Å². The third-order valence-corrected chi connectivity index (χ3v) is 0.436. The Kier molecular flexibility index (Phi) is 2.57. The first-order chi connectivity index (χ1) is 3.66. The van der Waals surface area contributed by atoms with Gasteiger partial charge in [-0.15, -0.1) is 0 Å². The average molecular weight is 119 g/mol. The van der Waals surface area contributed by atoms with Gasteiger partial charge in [0.15, 0.2) is 0 Å². The van der Waals surface area contributed by atoms with E-state index in [2.05, 4.69) is 0 Å². The summed E-state index contributed by atoms with van der Waals surface area (Å²) < 4.78 is 0. The van der Waals surface area contributed by atoms with E-state index in [-0.39, 0.29) is 0 Å². The van der Waals surface area contributed by atoms with Gasteiger partial charge < -0.3 is 5.11 Å². The van der Waals surface area contributed by atoms with E-state index in [0.29, 0.717) is 0 Å². The van der Waals surface area contributed by atoms with Gasteiger partial charge in [-0.25, -0.2) is 5.48 Å². The Hall–Kier alpha value is -1.10. The number of carboxylic acid groups (broad SMARTS) is 1. The molecule has 0 saturated heterocycles. The van der Waals surface area contributed by atoms with Gasteiger partial charge in [0, 0.05) is 0 Å². The van der Waals surface area contributed by atoms with Crippen LogP contribution in [0.3, 0.4) is 0 Å². The summed E-state index contributed by atoms with van der Waals surface area (Å²) in [6.45, 7) is 0. The summed E-state index contributed by atoms with van der Waals surface area (Å²) >= 11 is 0. The molecule has 8 heavy (non-hydrogen) atoms. The monoisotopic (exact) mass is 119 g/mol. The van der Waals surface area contributed by atoms with Crippen LogP contribution in [0.15, 0.2) is 0 Å². The molecule has 0 aliphatic heterocycles. The molecule has 0 rings (SSSR count). The molecule has 0 aromatic carbocycles. The fraction of sp³-hybridized carbons (Fsp3) is 0.333. The van der Waals surface area contributed by atoms with Crippen molar-refractivity contribution in [1.82, 2.24) is 5.48 Å². The normalized spacial score (nSPS) is 8.12. The van der Waals surface area contributed by atoms with Gasteiger partial charge >= 0.3 is 5.97 Å². The lowest BCUT2D eigenvalue weighted by atomic mass is 10.4. The van der Waals surface area contributed by atoms with Crippen molar-refractivity contribution in [2.45, 2.75) is 6.42 Å². The molecular weight excluding hydrogens is 114 g/mol. The lowest BCUT2D eigenvalue weighted by molar-refractivity contribution is -0.143. The van der Waals surface area contributed by atoms with Crippen molar-refractivity contribution >= 4 is 11.9 Å². The van der Waals surface area contributed by atoms with Crippen LogP contribution >= 0.6 is 0 Å². The standard InChI is InChI=1S/C3H5NO4/c5-2(4-8)1-3(6)7/h8H,1H2,(H,4,5)(H,6,7). The van der Waals surface area contributed by atoms with E-state index in [1.54, 1.807) is 0 Å². The molecule has 0 aromatic heterocycles. The Morgan fingerprint density at radius 3 is 2.12 bits per heavy atom. The Morgan fingerprint density at radius 2 is 2.00 bits per heavy atom. The maximum Gasteiger partial charge on any atom is 0.312 e. The number of rotatable bonds is 2. The van der Waals surface area contributed by atoms with E-state index in [1.165, 1.54) is 5.48 Å². The van der Waals surface area contributed by atoms with E-state index < -0.39 is 18.3 Å². The Bertz CT molecular complexity index is 110. The highest BCUT2D eigenvalue weighted by Gasteiger charge is 2.03. The lowest BCUT2D eigenvalue weighted by Gasteiger charge is -1.89. The van der Waals surface area contributed by atoms with Crippen LogP contribution in [0.1, 0.15) is 6.42 Å². The summed E-state index contributed by atoms with van der Waals surface area (Å²) in [5, 5.41) is 15.6. The van der Waals surface area contributed by atoms with E-state index in [9.17, 15) is 9.59 Å². The molecule has 0 spiro atoms. The highest BCUT2D eigenvalue weighted by molar-refractivity contribution is 5.92. The number of carboxylic acids is 1. The number of nitrogens with one attached hydrogen (secondary N) is 1. The molecule has 0 aliphatic carbocycles. The second-order valence-electron chi connectivity index (χ2n) is 1.11. The van der Waals surface area contributed by atoms with Crippen molar-refractivity contribution in [3.63, 3.8) is 0 Å². The van der Waals surface area contributed by atoms with Gasteiger partial charge in [-0.1, -0.05) is 0 Å². The third kappa shape index (κ3) is 3.10. The minimum atomic E-state index is -1.27. The van der Waals surface area contributed by atoms with E-state index in [1.807, 2.05) is 0 Å². The summed E-state index contributed by atoms with van der Waals surface area (Å²) in [7, 11) is 0. The maximum absolute atomic E-state index is 9.88. The molecule has 5 nitrogen and oxygen atoms in total. The predicted octanol–water partition coefficient (Wildman–Crippen LogP) is -1.03. The molecule has 0 fully saturated rings. The molecule has 0 aromatic rings. The maximum atomic E-state index is 9.88. The van der Waals surface area contributed by atoms with Crippen molar-refractivity contribution in [3.05, 3.63) is 0 Å². The van der Waals surface area contributed by atoms with Gasteiger partial charge in [-0.3, -0.25) is 14.8 Å². The molecule has 1 amide bonds. The zero-order valence-corrected chi connectivity index (χ0v) is 3.92. The lowest BCUT2D eigenvalue weighted by Crippen LogP contribution is -2.21. The SMILES string of the molecule is O=C(O)CC(=O)NO. The smallest absolute Gasteiger partial charge is 0.312 e. The number of aliphatic carboxylic acids is 1. The van der Waals surface area contributed by atoms with Gasteiger partial charge in [0.25, 0.3) is 5.91 Å². The number of amides is 1. The van der Waals surface area contributed by atoms with Gasteiger partial charge in [0.2, 0.25) is 0 Å². The van der Waals surface area contributed by atoms with Gasteiger partial charge in [0.05, 0.1) is 0 Å². The number of hydrogen-bond donors (Lipinski definition) is 3. The number of hydrogen-bond acceptors (Lipinski definition) is 3. The molecule has 0 aliphatic rings. The Balaban J connectivity index is 3.40. The third-order valence-electron chi connectivity index (χ3n) is 0.436. The molecule has 0 radical (unpaired) electrons. The topological polar surface area (TPSA) is 86.6 Å². The van der Waals surface area contributed by atoms with Crippen LogP contribution in [-0.2, 0) is 9.59 Å². The van der Waals surface area contributed by atoms with E-state index in [4.69, 9.17) is 10.3 Å². The molecule has 46 valence electrons. The van der Waals surface area contributed by atoms with E-state index >= 15 is 0 Å². The fourth-order valence-corrected chi connectivity index (χ4v) is 0.177. The van der Waals surface area contributed by atoms with Crippen LogP contribution in [0, 0.1) is 0 Å². The zero-order chi connectivity index (χ0) is 6.57. The van der Waals surface area contributed by atoms with Crippen LogP contribution < -0.4 is 5.48 Å². The summed E-state index contributed by atoms with van der Waals surface area (Å²) in [6, 6.07) is 0. The first-order valence-electron chi connectivity index (χ1n) is 1.81. The average Bonchev–Trinajstić information content (AvgIpc) is 1.65. The second kappa shape index (κ2) is 2.98. The minimum absolute atomic E-state index is 0.698. The first-order valence-corrected chi connectivity index (χ1v) is 1.81. The minimum Gasteiger partial charge on any atom is -0.481 e. The van der Waals surface area contributed by atoms with Crippen molar-refractivity contribution in [2.24, 2.45) is 0 Å². The first kappa shape index (κ1) is 6.90. The quantitative estimate of drug-likeness (QED) is 0.246. The van der Waals surface area contributed by atoms with Crippen LogP contribution in [0.25, 0.3) is 0 Å². The fourth-order valence-electron chi connectivity index (χ4n) is 0.177. The molecule has 0 bridgehead atoms. The highest BCUT2D eigenvalue weighted by atomic mass is 16.5. The molecular formula is C3H5NO4. The Labute approximate surface area is 44.9 Å². The van der Waals surface area contributed by atoms with E-state index in [0.717, 1.165) is 0 Å². The van der Waals surface area contributed by atoms with Crippen LogP contribution in [0.5, 0.6) is 0 Å². The van der Waals surface area contributed by atoms with Crippen molar-refractivity contribution in [1.29, 1.82) is 0 Å². The predicted molar refractivity (Wildman–Crippen MR) is 22.2 cm³/mol. The van der Waals surface area contributed by atoms with Crippen LogP contribution in [-0.4, -0.2) is 22.2 Å². The van der Waals surface area contributed by atoms with Crippen molar-refractivity contribution in [3.8, 4) is 0 Å². The molecule has 0 saturated carbocycles. The highest BCUT2D eigenvalue weighted by Crippen LogP contribution is 1.74. The second-order valence-corrected chi connectivity index (χ2v) is 1.11. The number of hydroxylamine groups is 1. The molecule has 3 N–H and O–H groups in total. The summed E-state index contributed by atoms with van der Waals surface area (Å²) in [6.07, 6.45) is -0.698.